The lowest BCUT2D eigenvalue weighted by Gasteiger charge is -2.14. The molecule has 0 aromatic carbocycles. The Hall–Kier alpha value is -1.78. The second kappa shape index (κ2) is 5.03. The van der Waals surface area contributed by atoms with Crippen LogP contribution in [0.2, 0.25) is 0 Å². The molecule has 4 heteroatoms. The fraction of sp³-hybridized carbons (Fsp3) is 0.538. The van der Waals surface area contributed by atoms with Crippen LogP contribution in [0.3, 0.4) is 0 Å². The first-order chi connectivity index (χ1) is 8.24. The van der Waals surface area contributed by atoms with Crippen LogP contribution < -0.4 is 5.32 Å². The summed E-state index contributed by atoms with van der Waals surface area (Å²) in [5.74, 6) is 0.147. The van der Waals surface area contributed by atoms with Crippen molar-refractivity contribution in [3.05, 3.63) is 23.5 Å². The Bertz CT molecular complexity index is 475. The van der Waals surface area contributed by atoms with Gasteiger partial charge in [0, 0.05) is 25.8 Å². The van der Waals surface area contributed by atoms with E-state index in [0.717, 1.165) is 31.4 Å². The highest BCUT2D eigenvalue weighted by Crippen LogP contribution is 2.25. The first-order valence-corrected chi connectivity index (χ1v) is 5.93. The molecule has 2 unspecified atom stereocenters. The van der Waals surface area contributed by atoms with Crippen LogP contribution in [0.15, 0.2) is 12.3 Å². The van der Waals surface area contributed by atoms with E-state index >= 15 is 0 Å². The Kier molecular flexibility index (Phi) is 3.46. The summed E-state index contributed by atoms with van der Waals surface area (Å²) in [5, 5.41) is 21.3. The lowest BCUT2D eigenvalue weighted by molar-refractivity contribution is 0.464. The first-order valence-electron chi connectivity index (χ1n) is 5.93. The van der Waals surface area contributed by atoms with Gasteiger partial charge in [0.05, 0.1) is 12.0 Å². The summed E-state index contributed by atoms with van der Waals surface area (Å²) >= 11 is 0. The molecule has 2 rings (SSSR count). The SMILES string of the molecule is Cn1cc(CNC2CCCC2C#N)cc1C#N. The molecule has 4 nitrogen and oxygen atoms in total. The first kappa shape index (κ1) is 11.7. The molecule has 1 saturated carbocycles. The van der Waals surface area contributed by atoms with Crippen LogP contribution in [0.4, 0.5) is 0 Å². The van der Waals surface area contributed by atoms with Gasteiger partial charge in [0.1, 0.15) is 11.8 Å². The number of nitrogens with one attached hydrogen (secondary N) is 1. The van der Waals surface area contributed by atoms with Gasteiger partial charge < -0.3 is 9.88 Å². The maximum Gasteiger partial charge on any atom is 0.120 e. The Balaban J connectivity index is 1.94. The van der Waals surface area contributed by atoms with Crippen molar-refractivity contribution in [1.82, 2.24) is 9.88 Å². The predicted octanol–water partition coefficient (Wildman–Crippen LogP) is 1.68. The molecule has 0 bridgehead atoms. The molecule has 0 spiro atoms. The fourth-order valence-electron chi connectivity index (χ4n) is 2.45. The van der Waals surface area contributed by atoms with Gasteiger partial charge >= 0.3 is 0 Å². The van der Waals surface area contributed by atoms with Crippen LogP contribution in [0.5, 0.6) is 0 Å². The maximum atomic E-state index is 8.98. The van der Waals surface area contributed by atoms with Gasteiger partial charge in [0.25, 0.3) is 0 Å². The minimum absolute atomic E-state index is 0.147. The highest BCUT2D eigenvalue weighted by atomic mass is 15.0. The Morgan fingerprint density at radius 1 is 1.47 bits per heavy atom. The minimum Gasteiger partial charge on any atom is -0.342 e. The summed E-state index contributed by atoms with van der Waals surface area (Å²) < 4.78 is 1.83. The maximum absolute atomic E-state index is 8.98. The van der Waals surface area contributed by atoms with Gasteiger partial charge in [-0.25, -0.2) is 0 Å². The molecule has 2 atom stereocenters. The van der Waals surface area contributed by atoms with Crippen molar-refractivity contribution in [2.75, 3.05) is 0 Å². The number of rotatable bonds is 3. The average molecular weight is 228 g/mol. The van der Waals surface area contributed by atoms with Crippen molar-refractivity contribution in [2.24, 2.45) is 13.0 Å². The van der Waals surface area contributed by atoms with E-state index in [1.807, 2.05) is 23.9 Å². The second-order valence-electron chi connectivity index (χ2n) is 4.61. The van der Waals surface area contributed by atoms with Crippen molar-refractivity contribution in [1.29, 1.82) is 10.5 Å². The van der Waals surface area contributed by atoms with Gasteiger partial charge in [-0.3, -0.25) is 0 Å². The molecule has 1 heterocycles. The number of aromatic nitrogens is 1. The van der Waals surface area contributed by atoms with E-state index in [1.54, 1.807) is 0 Å². The normalized spacial score (nSPS) is 23.2. The third-order valence-electron chi connectivity index (χ3n) is 3.43. The van der Waals surface area contributed by atoms with Crippen LogP contribution in [0, 0.1) is 28.6 Å². The Morgan fingerprint density at radius 2 is 2.29 bits per heavy atom. The Labute approximate surface area is 101 Å². The van der Waals surface area contributed by atoms with Gasteiger partial charge in [-0.2, -0.15) is 10.5 Å². The summed E-state index contributed by atoms with van der Waals surface area (Å²) in [4.78, 5) is 0. The van der Waals surface area contributed by atoms with Crippen LogP contribution in [-0.4, -0.2) is 10.6 Å². The highest BCUT2D eigenvalue weighted by molar-refractivity contribution is 5.28. The van der Waals surface area contributed by atoms with E-state index in [-0.39, 0.29) is 5.92 Å². The number of aryl methyl sites for hydroxylation is 1. The number of nitriles is 2. The summed E-state index contributed by atoms with van der Waals surface area (Å²) in [6.45, 7) is 0.734. The van der Waals surface area contributed by atoms with Crippen molar-refractivity contribution in [3.8, 4) is 12.1 Å². The smallest absolute Gasteiger partial charge is 0.120 e. The highest BCUT2D eigenvalue weighted by Gasteiger charge is 2.26. The van der Waals surface area contributed by atoms with Crippen molar-refractivity contribution >= 4 is 0 Å². The second-order valence-corrected chi connectivity index (χ2v) is 4.61. The molecular formula is C13H16N4. The van der Waals surface area contributed by atoms with Gasteiger partial charge in [0.15, 0.2) is 0 Å². The molecule has 1 aliphatic rings. The van der Waals surface area contributed by atoms with Gasteiger partial charge in [-0.15, -0.1) is 0 Å². The minimum atomic E-state index is 0.147. The van der Waals surface area contributed by atoms with Crippen molar-refractivity contribution in [3.63, 3.8) is 0 Å². The average Bonchev–Trinajstić information content (AvgIpc) is 2.92. The van der Waals surface area contributed by atoms with E-state index in [4.69, 9.17) is 10.5 Å². The molecule has 0 aliphatic heterocycles. The van der Waals surface area contributed by atoms with Gasteiger partial charge in [-0.1, -0.05) is 6.42 Å². The van der Waals surface area contributed by atoms with Crippen LogP contribution in [-0.2, 0) is 13.6 Å². The molecular weight excluding hydrogens is 212 g/mol. The zero-order chi connectivity index (χ0) is 12.3. The van der Waals surface area contributed by atoms with E-state index in [9.17, 15) is 0 Å². The molecule has 1 fully saturated rings. The molecule has 0 saturated heterocycles. The molecule has 17 heavy (non-hydrogen) atoms. The summed E-state index contributed by atoms with van der Waals surface area (Å²) in [6.07, 6.45) is 5.18. The number of hydrogen-bond donors (Lipinski definition) is 1. The Morgan fingerprint density at radius 3 is 2.94 bits per heavy atom. The van der Waals surface area contributed by atoms with Crippen LogP contribution >= 0.6 is 0 Å². The predicted molar refractivity (Wildman–Crippen MR) is 63.7 cm³/mol. The molecule has 1 aromatic heterocycles. The van der Waals surface area contributed by atoms with Crippen molar-refractivity contribution < 1.29 is 0 Å². The number of nitrogens with zero attached hydrogens (tertiary/aromatic N) is 3. The van der Waals surface area contributed by atoms with Crippen molar-refractivity contribution in [2.45, 2.75) is 31.8 Å². The summed E-state index contributed by atoms with van der Waals surface area (Å²) in [5.41, 5.74) is 1.78. The summed E-state index contributed by atoms with van der Waals surface area (Å²) in [7, 11) is 1.87. The van der Waals surface area contributed by atoms with Gasteiger partial charge in [-0.05, 0) is 24.5 Å². The molecule has 0 amide bonds. The lowest BCUT2D eigenvalue weighted by Crippen LogP contribution is -2.31. The zero-order valence-corrected chi connectivity index (χ0v) is 9.98. The fourth-order valence-corrected chi connectivity index (χ4v) is 2.45. The van der Waals surface area contributed by atoms with E-state index in [2.05, 4.69) is 17.5 Å². The van der Waals surface area contributed by atoms with Gasteiger partial charge in [0.2, 0.25) is 0 Å². The van der Waals surface area contributed by atoms with Crippen LogP contribution in [0.25, 0.3) is 0 Å². The largest absolute Gasteiger partial charge is 0.342 e. The van der Waals surface area contributed by atoms with Crippen LogP contribution in [0.1, 0.15) is 30.5 Å². The topological polar surface area (TPSA) is 64.5 Å². The third-order valence-corrected chi connectivity index (χ3v) is 3.43. The lowest BCUT2D eigenvalue weighted by atomic mass is 10.1. The van der Waals surface area contributed by atoms with E-state index in [0.29, 0.717) is 11.7 Å². The number of hydrogen-bond acceptors (Lipinski definition) is 3. The van der Waals surface area contributed by atoms with E-state index in [1.165, 1.54) is 0 Å². The third kappa shape index (κ3) is 2.49. The summed E-state index contributed by atoms with van der Waals surface area (Å²) in [6, 6.07) is 6.71. The quantitative estimate of drug-likeness (QED) is 0.856. The molecule has 1 aliphatic carbocycles. The monoisotopic (exact) mass is 228 g/mol. The standard InChI is InChI=1S/C13H16N4/c1-17-9-10(5-12(17)7-15)8-16-13-4-2-3-11(13)6-14/h5,9,11,13,16H,2-4,8H2,1H3. The molecule has 88 valence electrons. The zero-order valence-electron chi connectivity index (χ0n) is 9.98. The molecule has 0 radical (unpaired) electrons. The molecule has 1 N–H and O–H groups in total. The van der Waals surface area contributed by atoms with E-state index < -0.39 is 0 Å². The molecule has 1 aromatic rings.